The van der Waals surface area contributed by atoms with Crippen molar-refractivity contribution in [2.24, 2.45) is 0 Å². The Bertz CT molecular complexity index is 505. The molecule has 2 heterocycles. The summed E-state index contributed by atoms with van der Waals surface area (Å²) in [6.07, 6.45) is -0.277. The third-order valence-corrected chi connectivity index (χ3v) is 5.02. The lowest BCUT2D eigenvalue weighted by Gasteiger charge is -2.37. The fraction of sp³-hybridized carbons (Fsp3) is 0.667. The van der Waals surface area contributed by atoms with Gasteiger partial charge >= 0.3 is 0 Å². The molecule has 0 amide bonds. The summed E-state index contributed by atoms with van der Waals surface area (Å²) in [6.45, 7) is 6.30. The SMILES string of the molecule is CN1CCN([C@H]2CN(Cc3ccc(OCCF)cc3)C[C@@H]2O)CC1. The average molecular weight is 337 g/mol. The number of nitrogens with zero attached hydrogens (tertiary/aromatic N) is 3. The van der Waals surface area contributed by atoms with E-state index >= 15 is 0 Å². The van der Waals surface area contributed by atoms with Crippen LogP contribution in [0.4, 0.5) is 4.39 Å². The van der Waals surface area contributed by atoms with Crippen LogP contribution in [0.5, 0.6) is 5.75 Å². The molecule has 0 aliphatic carbocycles. The molecule has 0 saturated carbocycles. The van der Waals surface area contributed by atoms with Crippen molar-refractivity contribution in [1.29, 1.82) is 0 Å². The van der Waals surface area contributed by atoms with Gasteiger partial charge in [-0.1, -0.05) is 12.1 Å². The topological polar surface area (TPSA) is 39.2 Å². The van der Waals surface area contributed by atoms with Gasteiger partial charge < -0.3 is 14.7 Å². The number of rotatable bonds is 6. The average Bonchev–Trinajstić information content (AvgIpc) is 2.95. The van der Waals surface area contributed by atoms with E-state index in [0.717, 1.165) is 45.8 Å². The van der Waals surface area contributed by atoms with Crippen LogP contribution in [0.2, 0.25) is 0 Å². The number of aliphatic hydroxyl groups excluding tert-OH is 1. The van der Waals surface area contributed by atoms with Gasteiger partial charge in [0.05, 0.1) is 6.10 Å². The molecule has 1 aromatic rings. The molecule has 1 aromatic carbocycles. The van der Waals surface area contributed by atoms with Gasteiger partial charge in [-0.05, 0) is 24.7 Å². The van der Waals surface area contributed by atoms with Crippen LogP contribution < -0.4 is 4.74 Å². The number of likely N-dealkylation sites (N-methyl/N-ethyl adjacent to an activating group) is 1. The first kappa shape index (κ1) is 17.6. The smallest absolute Gasteiger partial charge is 0.123 e. The number of benzene rings is 1. The Morgan fingerprint density at radius 3 is 2.50 bits per heavy atom. The first-order valence-electron chi connectivity index (χ1n) is 8.76. The van der Waals surface area contributed by atoms with E-state index in [9.17, 15) is 9.50 Å². The molecular formula is C18H28FN3O2. The van der Waals surface area contributed by atoms with Gasteiger partial charge in [0, 0.05) is 51.9 Å². The molecule has 0 spiro atoms. The molecule has 134 valence electrons. The number of hydrogen-bond acceptors (Lipinski definition) is 5. The summed E-state index contributed by atoms with van der Waals surface area (Å²) in [5, 5.41) is 10.4. The number of alkyl halides is 1. The number of ether oxygens (including phenoxy) is 1. The van der Waals surface area contributed by atoms with E-state index in [2.05, 4.69) is 21.7 Å². The van der Waals surface area contributed by atoms with Crippen molar-refractivity contribution >= 4 is 0 Å². The highest BCUT2D eigenvalue weighted by molar-refractivity contribution is 5.27. The third kappa shape index (κ3) is 4.45. The number of β-amino-alcohol motifs (C(OH)–C–C–N with tert-alkyl or cyclic N) is 1. The van der Waals surface area contributed by atoms with Crippen LogP contribution in [0.3, 0.4) is 0 Å². The molecule has 0 bridgehead atoms. The molecule has 5 nitrogen and oxygen atoms in total. The van der Waals surface area contributed by atoms with Crippen LogP contribution in [0.1, 0.15) is 5.56 Å². The summed E-state index contributed by atoms with van der Waals surface area (Å²) in [5.41, 5.74) is 1.19. The summed E-state index contributed by atoms with van der Waals surface area (Å²) < 4.78 is 17.4. The van der Waals surface area contributed by atoms with Crippen LogP contribution >= 0.6 is 0 Å². The summed E-state index contributed by atoms with van der Waals surface area (Å²) in [6, 6.07) is 8.04. The Morgan fingerprint density at radius 1 is 1.12 bits per heavy atom. The molecule has 2 fully saturated rings. The summed E-state index contributed by atoms with van der Waals surface area (Å²) in [4.78, 5) is 7.08. The minimum Gasteiger partial charge on any atom is -0.491 e. The highest BCUT2D eigenvalue weighted by Crippen LogP contribution is 2.21. The van der Waals surface area contributed by atoms with Crippen LogP contribution in [-0.2, 0) is 6.54 Å². The van der Waals surface area contributed by atoms with Crippen LogP contribution in [-0.4, -0.2) is 91.5 Å². The Hall–Kier alpha value is -1.21. The van der Waals surface area contributed by atoms with Crippen molar-refractivity contribution in [3.63, 3.8) is 0 Å². The molecule has 2 saturated heterocycles. The van der Waals surface area contributed by atoms with Gasteiger partial charge in [0.1, 0.15) is 19.0 Å². The van der Waals surface area contributed by atoms with Crippen molar-refractivity contribution in [3.05, 3.63) is 29.8 Å². The second kappa shape index (κ2) is 8.25. The number of hydrogen-bond donors (Lipinski definition) is 1. The molecule has 6 heteroatoms. The second-order valence-corrected chi connectivity index (χ2v) is 6.85. The van der Waals surface area contributed by atoms with Crippen molar-refractivity contribution in [2.45, 2.75) is 18.7 Å². The van der Waals surface area contributed by atoms with E-state index in [4.69, 9.17) is 4.74 Å². The molecule has 0 radical (unpaired) electrons. The van der Waals surface area contributed by atoms with Gasteiger partial charge in [-0.3, -0.25) is 9.80 Å². The van der Waals surface area contributed by atoms with Gasteiger partial charge in [0.15, 0.2) is 0 Å². The number of likely N-dealkylation sites (tertiary alicyclic amines) is 1. The van der Waals surface area contributed by atoms with E-state index in [-0.39, 0.29) is 18.8 Å². The molecule has 3 rings (SSSR count). The van der Waals surface area contributed by atoms with Gasteiger partial charge in [-0.2, -0.15) is 0 Å². The van der Waals surface area contributed by atoms with E-state index in [0.29, 0.717) is 5.75 Å². The maximum atomic E-state index is 12.1. The lowest BCUT2D eigenvalue weighted by atomic mass is 10.1. The van der Waals surface area contributed by atoms with Gasteiger partial charge in [0.25, 0.3) is 0 Å². The number of halogens is 1. The van der Waals surface area contributed by atoms with Gasteiger partial charge in [-0.15, -0.1) is 0 Å². The first-order valence-corrected chi connectivity index (χ1v) is 8.76. The van der Waals surface area contributed by atoms with Crippen molar-refractivity contribution in [1.82, 2.24) is 14.7 Å². The molecule has 1 N–H and O–H groups in total. The predicted octanol–water partition coefficient (Wildman–Crippen LogP) is 0.827. The van der Waals surface area contributed by atoms with Crippen molar-refractivity contribution in [3.8, 4) is 5.75 Å². The maximum absolute atomic E-state index is 12.1. The Labute approximate surface area is 143 Å². The van der Waals surface area contributed by atoms with E-state index in [1.807, 2.05) is 24.3 Å². The summed E-state index contributed by atoms with van der Waals surface area (Å²) in [5.74, 6) is 0.702. The van der Waals surface area contributed by atoms with E-state index in [1.54, 1.807) is 0 Å². The molecular weight excluding hydrogens is 309 g/mol. The lowest BCUT2D eigenvalue weighted by molar-refractivity contribution is 0.0512. The third-order valence-electron chi connectivity index (χ3n) is 5.02. The Balaban J connectivity index is 1.51. The fourth-order valence-corrected chi connectivity index (χ4v) is 3.59. The van der Waals surface area contributed by atoms with E-state index in [1.165, 1.54) is 5.56 Å². The van der Waals surface area contributed by atoms with Gasteiger partial charge in [0.2, 0.25) is 0 Å². The molecule has 24 heavy (non-hydrogen) atoms. The predicted molar refractivity (Wildman–Crippen MR) is 92.1 cm³/mol. The molecule has 2 aliphatic rings. The zero-order chi connectivity index (χ0) is 16.9. The minimum atomic E-state index is -0.471. The quantitative estimate of drug-likeness (QED) is 0.832. The number of aliphatic hydroxyl groups is 1. The summed E-state index contributed by atoms with van der Waals surface area (Å²) in [7, 11) is 2.15. The zero-order valence-electron chi connectivity index (χ0n) is 14.4. The van der Waals surface area contributed by atoms with Crippen LogP contribution in [0, 0.1) is 0 Å². The highest BCUT2D eigenvalue weighted by atomic mass is 19.1. The van der Waals surface area contributed by atoms with E-state index < -0.39 is 6.67 Å². The zero-order valence-corrected chi connectivity index (χ0v) is 14.4. The maximum Gasteiger partial charge on any atom is 0.123 e. The lowest BCUT2D eigenvalue weighted by Crippen LogP contribution is -2.52. The Morgan fingerprint density at radius 2 is 1.83 bits per heavy atom. The van der Waals surface area contributed by atoms with Crippen LogP contribution in [0.25, 0.3) is 0 Å². The van der Waals surface area contributed by atoms with Crippen molar-refractivity contribution < 1.29 is 14.2 Å². The summed E-state index contributed by atoms with van der Waals surface area (Å²) >= 11 is 0. The highest BCUT2D eigenvalue weighted by Gasteiger charge is 2.36. The minimum absolute atomic E-state index is 0.102. The molecule has 2 atom stereocenters. The van der Waals surface area contributed by atoms with Crippen molar-refractivity contribution in [2.75, 3.05) is 59.6 Å². The van der Waals surface area contributed by atoms with Crippen LogP contribution in [0.15, 0.2) is 24.3 Å². The largest absolute Gasteiger partial charge is 0.491 e. The monoisotopic (exact) mass is 337 g/mol. The fourth-order valence-electron chi connectivity index (χ4n) is 3.59. The molecule has 0 aromatic heterocycles. The second-order valence-electron chi connectivity index (χ2n) is 6.85. The normalized spacial score (nSPS) is 26.8. The molecule has 0 unspecified atom stereocenters. The first-order chi connectivity index (χ1) is 11.7. The number of piperazine rings is 1. The Kier molecular flexibility index (Phi) is 6.05. The van der Waals surface area contributed by atoms with Gasteiger partial charge in [-0.25, -0.2) is 4.39 Å². The standard InChI is InChI=1S/C18H28FN3O2/c1-20-7-9-22(10-8-20)17-13-21(14-18(17)23)12-15-2-4-16(5-3-15)24-11-6-19/h2-5,17-18,23H,6-14H2,1H3/t17-,18-/m0/s1. The molecule has 2 aliphatic heterocycles.